The van der Waals surface area contributed by atoms with E-state index in [0.29, 0.717) is 13.0 Å². The summed E-state index contributed by atoms with van der Waals surface area (Å²) in [6.07, 6.45) is 4.21. The number of hydrogen-bond donors (Lipinski definition) is 2. The Morgan fingerprint density at radius 3 is 2.86 bits per heavy atom. The van der Waals surface area contributed by atoms with Crippen LogP contribution in [0.1, 0.15) is 25.7 Å². The highest BCUT2D eigenvalue weighted by atomic mass is 16.5. The van der Waals surface area contributed by atoms with Crippen LogP contribution >= 0.6 is 0 Å². The molecule has 1 aromatic carbocycles. The molecule has 1 aromatic rings. The fraction of sp³-hybridized carbons (Fsp3) is 0.588. The number of morpholine rings is 1. The predicted molar refractivity (Wildman–Crippen MR) is 88.4 cm³/mol. The first-order valence-electron chi connectivity index (χ1n) is 8.28. The number of carbonyl (C=O) groups excluding carboxylic acids is 1. The van der Waals surface area contributed by atoms with E-state index < -0.39 is 0 Å². The van der Waals surface area contributed by atoms with Crippen molar-refractivity contribution in [2.45, 2.75) is 31.7 Å². The van der Waals surface area contributed by atoms with Crippen molar-refractivity contribution in [3.8, 4) is 0 Å². The number of hydrogen-bond acceptors (Lipinski definition) is 4. The third-order valence-corrected chi connectivity index (χ3v) is 4.31. The number of piperidine rings is 1. The fourth-order valence-electron chi connectivity index (χ4n) is 3.17. The molecule has 1 unspecified atom stereocenters. The van der Waals surface area contributed by atoms with E-state index in [9.17, 15) is 4.79 Å². The minimum Gasteiger partial charge on any atom is -0.378 e. The Kier molecular flexibility index (Phi) is 5.29. The van der Waals surface area contributed by atoms with E-state index >= 15 is 0 Å². The zero-order valence-electron chi connectivity index (χ0n) is 13.0. The molecule has 120 valence electrons. The lowest BCUT2D eigenvalue weighted by atomic mass is 10.1. The minimum atomic E-state index is 0.0486. The summed E-state index contributed by atoms with van der Waals surface area (Å²) in [7, 11) is 0. The third kappa shape index (κ3) is 3.99. The minimum absolute atomic E-state index is 0.0486. The van der Waals surface area contributed by atoms with Gasteiger partial charge in [0.05, 0.1) is 24.6 Å². The van der Waals surface area contributed by atoms with Crippen LogP contribution in [-0.2, 0) is 9.53 Å². The van der Waals surface area contributed by atoms with Crippen LogP contribution in [0.25, 0.3) is 0 Å². The molecule has 0 saturated carbocycles. The number of ether oxygens (including phenoxy) is 1. The van der Waals surface area contributed by atoms with Gasteiger partial charge in [0.1, 0.15) is 0 Å². The molecule has 2 saturated heterocycles. The Hall–Kier alpha value is -1.59. The van der Waals surface area contributed by atoms with Gasteiger partial charge in [0.25, 0.3) is 0 Å². The molecule has 5 nitrogen and oxygen atoms in total. The average Bonchev–Trinajstić information content (AvgIpc) is 2.57. The second kappa shape index (κ2) is 7.61. The van der Waals surface area contributed by atoms with Crippen molar-refractivity contribution >= 4 is 17.3 Å². The van der Waals surface area contributed by atoms with Gasteiger partial charge in [-0.3, -0.25) is 4.79 Å². The standard InChI is InChI=1S/C17H25N3O2/c21-17(12-14-13-22-11-8-18-14)19-15-6-2-3-7-16(15)20-9-4-1-5-10-20/h2-3,6-7,14,18H,1,4-5,8-13H2,(H,19,21). The smallest absolute Gasteiger partial charge is 0.226 e. The Morgan fingerprint density at radius 2 is 2.09 bits per heavy atom. The first-order chi connectivity index (χ1) is 10.8. The van der Waals surface area contributed by atoms with Gasteiger partial charge in [0.15, 0.2) is 0 Å². The van der Waals surface area contributed by atoms with Gasteiger partial charge in [-0.1, -0.05) is 12.1 Å². The molecule has 2 aliphatic heterocycles. The molecule has 2 heterocycles. The van der Waals surface area contributed by atoms with Gasteiger partial charge in [0, 0.05) is 32.1 Å². The maximum atomic E-state index is 12.3. The molecular formula is C17H25N3O2. The van der Waals surface area contributed by atoms with Crippen molar-refractivity contribution < 1.29 is 9.53 Å². The highest BCUT2D eigenvalue weighted by molar-refractivity contribution is 5.94. The number of para-hydroxylation sites is 2. The predicted octanol–water partition coefficient (Wildman–Crippen LogP) is 1.99. The Morgan fingerprint density at radius 1 is 1.27 bits per heavy atom. The van der Waals surface area contributed by atoms with Crippen molar-refractivity contribution in [2.24, 2.45) is 0 Å². The molecular weight excluding hydrogens is 278 g/mol. The van der Waals surface area contributed by atoms with Crippen LogP contribution in [0.15, 0.2) is 24.3 Å². The van der Waals surface area contributed by atoms with Crippen molar-refractivity contribution in [1.82, 2.24) is 5.32 Å². The largest absolute Gasteiger partial charge is 0.378 e. The molecule has 2 fully saturated rings. The summed E-state index contributed by atoms with van der Waals surface area (Å²) in [6.45, 7) is 4.31. The van der Waals surface area contributed by atoms with E-state index in [1.165, 1.54) is 19.3 Å². The van der Waals surface area contributed by atoms with E-state index in [-0.39, 0.29) is 11.9 Å². The quantitative estimate of drug-likeness (QED) is 0.893. The summed E-state index contributed by atoms with van der Waals surface area (Å²) in [6, 6.07) is 8.23. The first kappa shape index (κ1) is 15.3. The van der Waals surface area contributed by atoms with E-state index in [0.717, 1.165) is 37.6 Å². The Balaban J connectivity index is 1.62. The van der Waals surface area contributed by atoms with Gasteiger partial charge in [-0.25, -0.2) is 0 Å². The zero-order chi connectivity index (χ0) is 15.2. The fourth-order valence-corrected chi connectivity index (χ4v) is 3.17. The van der Waals surface area contributed by atoms with Crippen LogP contribution in [-0.4, -0.2) is 44.8 Å². The summed E-state index contributed by atoms with van der Waals surface area (Å²) < 4.78 is 5.40. The van der Waals surface area contributed by atoms with Gasteiger partial charge in [0.2, 0.25) is 5.91 Å². The topological polar surface area (TPSA) is 53.6 Å². The molecule has 0 aromatic heterocycles. The molecule has 3 rings (SSSR count). The SMILES string of the molecule is O=C(CC1COCCN1)Nc1ccccc1N1CCCCC1. The van der Waals surface area contributed by atoms with Crippen molar-refractivity contribution in [3.05, 3.63) is 24.3 Å². The molecule has 2 aliphatic rings. The molecule has 22 heavy (non-hydrogen) atoms. The van der Waals surface area contributed by atoms with Crippen LogP contribution < -0.4 is 15.5 Å². The van der Waals surface area contributed by atoms with Crippen molar-refractivity contribution in [1.29, 1.82) is 0 Å². The molecule has 1 amide bonds. The van der Waals surface area contributed by atoms with E-state index in [1.807, 2.05) is 18.2 Å². The second-order valence-electron chi connectivity index (χ2n) is 6.04. The van der Waals surface area contributed by atoms with Gasteiger partial charge < -0.3 is 20.3 Å². The zero-order valence-corrected chi connectivity index (χ0v) is 13.0. The van der Waals surface area contributed by atoms with Gasteiger partial charge >= 0.3 is 0 Å². The maximum Gasteiger partial charge on any atom is 0.226 e. The Labute approximate surface area is 132 Å². The van der Waals surface area contributed by atoms with Gasteiger partial charge in [-0.2, -0.15) is 0 Å². The monoisotopic (exact) mass is 303 g/mol. The molecule has 0 bridgehead atoms. The normalized spacial score (nSPS) is 22.4. The van der Waals surface area contributed by atoms with Crippen LogP contribution in [0.4, 0.5) is 11.4 Å². The van der Waals surface area contributed by atoms with E-state index in [2.05, 4.69) is 21.6 Å². The molecule has 2 N–H and O–H groups in total. The van der Waals surface area contributed by atoms with Crippen molar-refractivity contribution in [3.63, 3.8) is 0 Å². The van der Waals surface area contributed by atoms with Crippen LogP contribution in [0.5, 0.6) is 0 Å². The number of anilines is 2. The van der Waals surface area contributed by atoms with E-state index in [1.54, 1.807) is 0 Å². The van der Waals surface area contributed by atoms with Crippen LogP contribution in [0, 0.1) is 0 Å². The lowest BCUT2D eigenvalue weighted by Gasteiger charge is -2.30. The molecule has 0 spiro atoms. The third-order valence-electron chi connectivity index (χ3n) is 4.31. The average molecular weight is 303 g/mol. The lowest BCUT2D eigenvalue weighted by Crippen LogP contribution is -2.43. The molecule has 0 aliphatic carbocycles. The van der Waals surface area contributed by atoms with Crippen molar-refractivity contribution in [2.75, 3.05) is 43.1 Å². The summed E-state index contributed by atoms with van der Waals surface area (Å²) in [4.78, 5) is 14.7. The molecule has 1 atom stereocenters. The number of nitrogens with one attached hydrogen (secondary N) is 2. The number of nitrogens with zero attached hydrogens (tertiary/aromatic N) is 1. The molecule has 0 radical (unpaired) electrons. The number of amides is 1. The number of carbonyl (C=O) groups is 1. The number of rotatable bonds is 4. The van der Waals surface area contributed by atoms with Gasteiger partial charge in [-0.05, 0) is 31.4 Å². The first-order valence-corrected chi connectivity index (χ1v) is 8.28. The molecule has 5 heteroatoms. The van der Waals surface area contributed by atoms with E-state index in [4.69, 9.17) is 4.74 Å². The highest BCUT2D eigenvalue weighted by Gasteiger charge is 2.19. The summed E-state index contributed by atoms with van der Waals surface area (Å²) in [5, 5.41) is 6.40. The lowest BCUT2D eigenvalue weighted by molar-refractivity contribution is -0.117. The maximum absolute atomic E-state index is 12.3. The second-order valence-corrected chi connectivity index (χ2v) is 6.04. The summed E-state index contributed by atoms with van der Waals surface area (Å²) in [5.74, 6) is 0.0486. The van der Waals surface area contributed by atoms with Crippen LogP contribution in [0.3, 0.4) is 0 Å². The summed E-state index contributed by atoms with van der Waals surface area (Å²) in [5.41, 5.74) is 2.06. The van der Waals surface area contributed by atoms with Crippen LogP contribution in [0.2, 0.25) is 0 Å². The highest BCUT2D eigenvalue weighted by Crippen LogP contribution is 2.28. The Bertz CT molecular complexity index is 494. The van der Waals surface area contributed by atoms with Gasteiger partial charge in [-0.15, -0.1) is 0 Å². The summed E-state index contributed by atoms with van der Waals surface area (Å²) >= 11 is 0. The number of benzene rings is 1.